The molecule has 0 unspecified atom stereocenters. The van der Waals surface area contributed by atoms with Crippen molar-refractivity contribution < 1.29 is 0 Å². The molecule has 0 aliphatic rings. The van der Waals surface area contributed by atoms with E-state index in [-0.39, 0.29) is 0 Å². The summed E-state index contributed by atoms with van der Waals surface area (Å²) < 4.78 is 3.09. The van der Waals surface area contributed by atoms with Gasteiger partial charge in [-0.25, -0.2) is 9.97 Å². The summed E-state index contributed by atoms with van der Waals surface area (Å²) in [6.45, 7) is 6.46. The van der Waals surface area contributed by atoms with Gasteiger partial charge in [-0.1, -0.05) is 0 Å². The Kier molecular flexibility index (Phi) is 6.02. The van der Waals surface area contributed by atoms with Crippen molar-refractivity contribution in [3.8, 4) is 0 Å². The van der Waals surface area contributed by atoms with E-state index in [1.165, 1.54) is 0 Å². The second-order valence-corrected chi connectivity index (χ2v) is 6.77. The Morgan fingerprint density at radius 1 is 1.38 bits per heavy atom. The van der Waals surface area contributed by atoms with Crippen molar-refractivity contribution in [1.82, 2.24) is 19.4 Å². The Hall–Kier alpha value is -0.650. The highest BCUT2D eigenvalue weighted by molar-refractivity contribution is 9.10. The molecule has 0 N–H and O–H groups in total. The number of aryl methyl sites for hydroxylation is 1. The van der Waals surface area contributed by atoms with Gasteiger partial charge in [-0.3, -0.25) is 0 Å². The van der Waals surface area contributed by atoms with Gasteiger partial charge in [0.05, 0.1) is 5.88 Å². The Morgan fingerprint density at radius 2 is 2.14 bits per heavy atom. The summed E-state index contributed by atoms with van der Waals surface area (Å²) in [4.78, 5) is 11.4. The van der Waals surface area contributed by atoms with Crippen LogP contribution in [0.15, 0.2) is 16.7 Å². The first-order valence-corrected chi connectivity index (χ1v) is 8.62. The second-order valence-electron chi connectivity index (χ2n) is 5.59. The summed E-state index contributed by atoms with van der Waals surface area (Å²) in [5.41, 5.74) is 1.82. The van der Waals surface area contributed by atoms with E-state index < -0.39 is 0 Å². The molecule has 0 saturated carbocycles. The molecule has 0 amide bonds. The molecule has 0 atom stereocenters. The van der Waals surface area contributed by atoms with Crippen LogP contribution < -0.4 is 0 Å². The second kappa shape index (κ2) is 7.56. The first-order valence-electron chi connectivity index (χ1n) is 7.29. The van der Waals surface area contributed by atoms with Crippen LogP contribution in [0.5, 0.6) is 0 Å². The molecule has 2 heterocycles. The highest BCUT2D eigenvalue weighted by Gasteiger charge is 2.11. The number of hydrogen-bond donors (Lipinski definition) is 0. The standard InChI is InChI=1S/C15H22BrClN4/c1-11(2)20(3)6-4-5-7-21-14(9-17)19-13-8-12(16)10-18-15(13)21/h8,10-11H,4-7,9H2,1-3H3. The molecule has 0 fully saturated rings. The van der Waals surface area contributed by atoms with Gasteiger partial charge in [-0.2, -0.15) is 0 Å². The lowest BCUT2D eigenvalue weighted by molar-refractivity contribution is 0.266. The van der Waals surface area contributed by atoms with Gasteiger partial charge in [0.2, 0.25) is 0 Å². The van der Waals surface area contributed by atoms with Gasteiger partial charge >= 0.3 is 0 Å². The zero-order valence-electron chi connectivity index (χ0n) is 12.8. The molecular formula is C15H22BrClN4. The number of aromatic nitrogens is 3. The van der Waals surface area contributed by atoms with Crippen LogP contribution >= 0.6 is 27.5 Å². The minimum atomic E-state index is 0.417. The fourth-order valence-corrected chi connectivity index (χ4v) is 2.78. The number of unbranched alkanes of at least 4 members (excludes halogenated alkanes) is 1. The average molecular weight is 374 g/mol. The molecule has 0 aliphatic heterocycles. The molecule has 0 aromatic carbocycles. The molecule has 0 radical (unpaired) electrons. The maximum Gasteiger partial charge on any atom is 0.160 e. The van der Waals surface area contributed by atoms with Gasteiger partial charge in [0, 0.05) is 23.3 Å². The summed E-state index contributed by atoms with van der Waals surface area (Å²) in [6, 6.07) is 2.58. The first kappa shape index (κ1) is 16.7. The van der Waals surface area contributed by atoms with Gasteiger partial charge in [0.1, 0.15) is 11.3 Å². The van der Waals surface area contributed by atoms with E-state index >= 15 is 0 Å². The van der Waals surface area contributed by atoms with E-state index in [1.807, 2.05) is 12.3 Å². The van der Waals surface area contributed by atoms with Crippen LogP contribution in [0.1, 0.15) is 32.5 Å². The summed E-state index contributed by atoms with van der Waals surface area (Å²) in [5.74, 6) is 1.31. The fourth-order valence-electron chi connectivity index (χ4n) is 2.26. The van der Waals surface area contributed by atoms with Gasteiger partial charge in [0.25, 0.3) is 0 Å². The largest absolute Gasteiger partial charge is 0.312 e. The minimum Gasteiger partial charge on any atom is -0.312 e. The van der Waals surface area contributed by atoms with Gasteiger partial charge < -0.3 is 9.47 Å². The number of hydrogen-bond acceptors (Lipinski definition) is 3. The number of halogens is 2. The summed E-state index contributed by atoms with van der Waals surface area (Å²) in [5, 5.41) is 0. The van der Waals surface area contributed by atoms with Crippen molar-refractivity contribution in [2.24, 2.45) is 0 Å². The van der Waals surface area contributed by atoms with Crippen molar-refractivity contribution in [2.45, 2.75) is 45.2 Å². The molecule has 4 nitrogen and oxygen atoms in total. The molecular weight excluding hydrogens is 352 g/mol. The lowest BCUT2D eigenvalue weighted by Crippen LogP contribution is -2.27. The molecule has 2 rings (SSSR count). The summed E-state index contributed by atoms with van der Waals surface area (Å²) in [7, 11) is 2.17. The van der Waals surface area contributed by atoms with Crippen LogP contribution in [-0.2, 0) is 12.4 Å². The zero-order chi connectivity index (χ0) is 15.4. The zero-order valence-corrected chi connectivity index (χ0v) is 15.2. The topological polar surface area (TPSA) is 34.0 Å². The van der Waals surface area contributed by atoms with E-state index in [2.05, 4.69) is 56.3 Å². The SMILES string of the molecule is CC(C)N(C)CCCCn1c(CCl)nc2cc(Br)cnc21. The fraction of sp³-hybridized carbons (Fsp3) is 0.600. The van der Waals surface area contributed by atoms with Crippen LogP contribution in [0.2, 0.25) is 0 Å². The third-order valence-corrected chi connectivity index (χ3v) is 4.45. The van der Waals surface area contributed by atoms with E-state index in [0.717, 1.165) is 47.4 Å². The number of nitrogens with zero attached hydrogens (tertiary/aromatic N) is 4. The van der Waals surface area contributed by atoms with Gasteiger partial charge in [-0.15, -0.1) is 11.6 Å². The van der Waals surface area contributed by atoms with Gasteiger partial charge in [-0.05, 0) is 62.3 Å². The van der Waals surface area contributed by atoms with Crippen LogP contribution in [0.3, 0.4) is 0 Å². The van der Waals surface area contributed by atoms with Crippen molar-refractivity contribution in [1.29, 1.82) is 0 Å². The lowest BCUT2D eigenvalue weighted by Gasteiger charge is -2.20. The summed E-state index contributed by atoms with van der Waals surface area (Å²) >= 11 is 9.45. The van der Waals surface area contributed by atoms with Crippen molar-refractivity contribution in [2.75, 3.05) is 13.6 Å². The highest BCUT2D eigenvalue weighted by atomic mass is 79.9. The number of alkyl halides is 1. The van der Waals surface area contributed by atoms with Crippen molar-refractivity contribution in [3.05, 3.63) is 22.6 Å². The van der Waals surface area contributed by atoms with Crippen LogP contribution in [0.4, 0.5) is 0 Å². The number of fused-ring (bicyclic) bond motifs is 1. The predicted molar refractivity (Wildman–Crippen MR) is 91.8 cm³/mol. The highest BCUT2D eigenvalue weighted by Crippen LogP contribution is 2.20. The van der Waals surface area contributed by atoms with E-state index in [9.17, 15) is 0 Å². The number of pyridine rings is 1. The van der Waals surface area contributed by atoms with Crippen LogP contribution in [0.25, 0.3) is 11.2 Å². The van der Waals surface area contributed by atoms with E-state index in [0.29, 0.717) is 11.9 Å². The molecule has 0 saturated heterocycles. The van der Waals surface area contributed by atoms with Crippen LogP contribution in [0, 0.1) is 0 Å². The molecule has 21 heavy (non-hydrogen) atoms. The van der Waals surface area contributed by atoms with Crippen LogP contribution in [-0.4, -0.2) is 39.1 Å². The third kappa shape index (κ3) is 4.18. The lowest BCUT2D eigenvalue weighted by atomic mass is 10.2. The Labute approximate surface area is 139 Å². The number of rotatable bonds is 7. The maximum absolute atomic E-state index is 6.02. The molecule has 6 heteroatoms. The van der Waals surface area contributed by atoms with Crippen molar-refractivity contribution in [3.63, 3.8) is 0 Å². The Balaban J connectivity index is 2.04. The first-order chi connectivity index (χ1) is 10.0. The average Bonchev–Trinajstić information content (AvgIpc) is 2.80. The quantitative estimate of drug-likeness (QED) is 0.542. The summed E-state index contributed by atoms with van der Waals surface area (Å²) in [6.07, 6.45) is 4.07. The predicted octanol–water partition coefficient (Wildman–Crippen LogP) is 4.05. The molecule has 116 valence electrons. The van der Waals surface area contributed by atoms with Gasteiger partial charge in [0.15, 0.2) is 5.65 Å². The Bertz CT molecular complexity index is 597. The maximum atomic E-state index is 6.02. The molecule has 2 aromatic rings. The molecule has 0 spiro atoms. The smallest absolute Gasteiger partial charge is 0.160 e. The Morgan fingerprint density at radius 3 is 2.81 bits per heavy atom. The monoisotopic (exact) mass is 372 g/mol. The normalized spacial score (nSPS) is 12.0. The van der Waals surface area contributed by atoms with Crippen molar-refractivity contribution >= 4 is 38.7 Å². The molecule has 0 aliphatic carbocycles. The van der Waals surface area contributed by atoms with E-state index in [1.54, 1.807) is 0 Å². The molecule has 0 bridgehead atoms. The van der Waals surface area contributed by atoms with E-state index in [4.69, 9.17) is 11.6 Å². The third-order valence-electron chi connectivity index (χ3n) is 3.77. The molecule has 2 aromatic heterocycles. The number of imidazole rings is 1. The minimum absolute atomic E-state index is 0.417.